The standard InChI is InChI=1S/C26H28N4O5/c1-16-12-19(6-9-24(16)32)23-13-22(27-26(34)28-23)18-4-7-21(8-5-18)35-15-25(33)30-11-10-20(14-30)29(3)17(2)31/h4-9,12-13,20,32H,10-11,14-15H2,1-3H3,(H,27,28,34). The van der Waals surface area contributed by atoms with Gasteiger partial charge in [-0.05, 0) is 73.0 Å². The van der Waals surface area contributed by atoms with Crippen LogP contribution in [-0.2, 0) is 9.59 Å². The monoisotopic (exact) mass is 476 g/mol. The number of nitrogens with zero attached hydrogens (tertiary/aromatic N) is 3. The number of likely N-dealkylation sites (tertiary alicyclic amines) is 1. The molecule has 1 fully saturated rings. The van der Waals surface area contributed by atoms with Crippen LogP contribution in [0.2, 0.25) is 0 Å². The molecule has 182 valence electrons. The number of phenols is 1. The number of hydrogen-bond donors (Lipinski definition) is 2. The second kappa shape index (κ2) is 10.0. The molecule has 4 rings (SSSR count). The van der Waals surface area contributed by atoms with Crippen LogP contribution in [0.25, 0.3) is 22.5 Å². The molecule has 1 unspecified atom stereocenters. The van der Waals surface area contributed by atoms with Crippen LogP contribution in [0.4, 0.5) is 0 Å². The van der Waals surface area contributed by atoms with Crippen molar-refractivity contribution in [2.24, 2.45) is 0 Å². The summed E-state index contributed by atoms with van der Waals surface area (Å²) in [4.78, 5) is 46.4. The lowest BCUT2D eigenvalue weighted by atomic mass is 10.1. The van der Waals surface area contributed by atoms with Crippen LogP contribution >= 0.6 is 0 Å². The highest BCUT2D eigenvalue weighted by Crippen LogP contribution is 2.27. The first kappa shape index (κ1) is 24.0. The van der Waals surface area contributed by atoms with Gasteiger partial charge >= 0.3 is 5.69 Å². The SMILES string of the molecule is CC(=O)N(C)C1CCN(C(=O)COc2ccc(-c3cc(-c4ccc(O)c(C)c4)nc(=O)[nH]3)cc2)C1. The van der Waals surface area contributed by atoms with Gasteiger partial charge in [0.1, 0.15) is 11.5 Å². The predicted octanol–water partition coefficient (Wildman–Crippen LogP) is 2.58. The second-order valence-corrected chi connectivity index (χ2v) is 8.71. The number of aromatic hydroxyl groups is 1. The van der Waals surface area contributed by atoms with Crippen LogP contribution in [0.15, 0.2) is 53.3 Å². The molecule has 0 radical (unpaired) electrons. The number of ether oxygens (including phenoxy) is 1. The molecular formula is C26H28N4O5. The summed E-state index contributed by atoms with van der Waals surface area (Å²) in [6, 6.07) is 13.9. The van der Waals surface area contributed by atoms with Crippen LogP contribution in [0.3, 0.4) is 0 Å². The smallest absolute Gasteiger partial charge is 0.345 e. The van der Waals surface area contributed by atoms with Crippen LogP contribution in [-0.4, -0.2) is 69.5 Å². The number of likely N-dealkylation sites (N-methyl/N-ethyl adjacent to an activating group) is 1. The van der Waals surface area contributed by atoms with E-state index in [4.69, 9.17) is 4.74 Å². The molecule has 0 spiro atoms. The number of nitrogens with one attached hydrogen (secondary N) is 1. The lowest BCUT2D eigenvalue weighted by Crippen LogP contribution is -2.40. The highest BCUT2D eigenvalue weighted by Gasteiger charge is 2.29. The summed E-state index contributed by atoms with van der Waals surface area (Å²) < 4.78 is 5.68. The maximum atomic E-state index is 12.5. The number of H-pyrrole nitrogens is 1. The summed E-state index contributed by atoms with van der Waals surface area (Å²) in [6.45, 7) is 4.32. The quantitative estimate of drug-likeness (QED) is 0.565. The van der Waals surface area contributed by atoms with Gasteiger partial charge in [-0.25, -0.2) is 4.79 Å². The van der Waals surface area contributed by atoms with Gasteiger partial charge in [0, 0.05) is 32.6 Å². The summed E-state index contributed by atoms with van der Waals surface area (Å²) in [5.74, 6) is 0.577. The Morgan fingerprint density at radius 2 is 1.89 bits per heavy atom. The van der Waals surface area contributed by atoms with Crippen molar-refractivity contribution in [1.82, 2.24) is 19.8 Å². The largest absolute Gasteiger partial charge is 0.508 e. The van der Waals surface area contributed by atoms with Crippen molar-refractivity contribution in [3.05, 3.63) is 64.6 Å². The molecule has 0 aliphatic carbocycles. The summed E-state index contributed by atoms with van der Waals surface area (Å²) in [7, 11) is 1.75. The fourth-order valence-electron chi connectivity index (χ4n) is 4.08. The van der Waals surface area contributed by atoms with Gasteiger partial charge in [0.15, 0.2) is 6.61 Å². The molecule has 1 saturated heterocycles. The molecule has 0 saturated carbocycles. The Labute approximate surface area is 203 Å². The maximum absolute atomic E-state index is 12.5. The number of benzene rings is 2. The molecule has 1 aromatic heterocycles. The minimum absolute atomic E-state index is 0.0125. The van der Waals surface area contributed by atoms with Crippen molar-refractivity contribution in [3.8, 4) is 34.0 Å². The number of amides is 2. The zero-order valence-corrected chi connectivity index (χ0v) is 19.9. The minimum atomic E-state index is -0.478. The van der Waals surface area contributed by atoms with Gasteiger partial charge in [0.2, 0.25) is 5.91 Å². The second-order valence-electron chi connectivity index (χ2n) is 8.71. The molecule has 2 amide bonds. The molecule has 9 nitrogen and oxygen atoms in total. The average Bonchev–Trinajstić information content (AvgIpc) is 3.34. The summed E-state index contributed by atoms with van der Waals surface area (Å²) in [5, 5.41) is 9.76. The number of aryl methyl sites for hydroxylation is 1. The normalized spacial score (nSPS) is 15.2. The van der Waals surface area contributed by atoms with E-state index in [1.165, 1.54) is 6.92 Å². The van der Waals surface area contributed by atoms with E-state index in [2.05, 4.69) is 9.97 Å². The first-order valence-corrected chi connectivity index (χ1v) is 11.4. The number of carbonyl (C=O) groups excluding carboxylic acids is 2. The van der Waals surface area contributed by atoms with Gasteiger partial charge in [-0.1, -0.05) is 0 Å². The van der Waals surface area contributed by atoms with E-state index in [0.29, 0.717) is 35.8 Å². The number of carbonyl (C=O) groups is 2. The van der Waals surface area contributed by atoms with Crippen molar-refractivity contribution in [1.29, 1.82) is 0 Å². The molecule has 2 heterocycles. The fraction of sp³-hybridized carbons (Fsp3) is 0.308. The molecule has 35 heavy (non-hydrogen) atoms. The van der Waals surface area contributed by atoms with Gasteiger partial charge in [-0.15, -0.1) is 0 Å². The molecule has 1 aliphatic heterocycles. The lowest BCUT2D eigenvalue weighted by Gasteiger charge is -2.23. The van der Waals surface area contributed by atoms with Gasteiger partial charge in [-0.2, -0.15) is 4.98 Å². The minimum Gasteiger partial charge on any atom is -0.508 e. The van der Waals surface area contributed by atoms with Crippen molar-refractivity contribution >= 4 is 11.8 Å². The molecule has 1 aliphatic rings. The van der Waals surface area contributed by atoms with E-state index in [1.54, 1.807) is 72.3 Å². The van der Waals surface area contributed by atoms with E-state index in [1.807, 2.05) is 0 Å². The van der Waals surface area contributed by atoms with Gasteiger partial charge in [0.25, 0.3) is 5.91 Å². The van der Waals surface area contributed by atoms with Crippen LogP contribution < -0.4 is 10.4 Å². The number of aromatic nitrogens is 2. The van der Waals surface area contributed by atoms with E-state index >= 15 is 0 Å². The van der Waals surface area contributed by atoms with Crippen LogP contribution in [0.5, 0.6) is 11.5 Å². The maximum Gasteiger partial charge on any atom is 0.345 e. The topological polar surface area (TPSA) is 116 Å². The van der Waals surface area contributed by atoms with Gasteiger partial charge in [-0.3, -0.25) is 9.59 Å². The van der Waals surface area contributed by atoms with E-state index in [0.717, 1.165) is 17.5 Å². The number of phenolic OH excluding ortho intramolecular Hbond substituents is 1. The lowest BCUT2D eigenvalue weighted by molar-refractivity contribution is -0.134. The first-order valence-electron chi connectivity index (χ1n) is 11.4. The molecular weight excluding hydrogens is 448 g/mol. The molecule has 1 atom stereocenters. The third kappa shape index (κ3) is 5.51. The Balaban J connectivity index is 1.41. The summed E-state index contributed by atoms with van der Waals surface area (Å²) in [5.41, 5.74) is 2.79. The third-order valence-electron chi connectivity index (χ3n) is 6.33. The number of aromatic amines is 1. The number of hydrogen-bond acceptors (Lipinski definition) is 6. The fourth-order valence-corrected chi connectivity index (χ4v) is 4.08. The Bertz CT molecular complexity index is 1300. The molecule has 2 aromatic carbocycles. The Hall–Kier alpha value is -4.14. The van der Waals surface area contributed by atoms with E-state index in [9.17, 15) is 19.5 Å². The number of rotatable bonds is 6. The van der Waals surface area contributed by atoms with E-state index in [-0.39, 0.29) is 30.2 Å². The predicted molar refractivity (Wildman–Crippen MR) is 131 cm³/mol. The zero-order chi connectivity index (χ0) is 25.1. The molecule has 3 aromatic rings. The highest BCUT2D eigenvalue weighted by molar-refractivity contribution is 5.78. The molecule has 0 bridgehead atoms. The van der Waals surface area contributed by atoms with E-state index < -0.39 is 5.69 Å². The van der Waals surface area contributed by atoms with Crippen molar-refractivity contribution in [2.75, 3.05) is 26.7 Å². The Morgan fingerprint density at radius 3 is 2.57 bits per heavy atom. The van der Waals surface area contributed by atoms with Gasteiger partial charge < -0.3 is 24.6 Å². The van der Waals surface area contributed by atoms with Gasteiger partial charge in [0.05, 0.1) is 17.4 Å². The van der Waals surface area contributed by atoms with Crippen LogP contribution in [0.1, 0.15) is 18.9 Å². The zero-order valence-electron chi connectivity index (χ0n) is 19.9. The highest BCUT2D eigenvalue weighted by atomic mass is 16.5. The van der Waals surface area contributed by atoms with Crippen LogP contribution in [0, 0.1) is 6.92 Å². The Morgan fingerprint density at radius 1 is 1.17 bits per heavy atom. The first-order chi connectivity index (χ1) is 16.7. The average molecular weight is 477 g/mol. The third-order valence-corrected chi connectivity index (χ3v) is 6.33. The molecule has 2 N–H and O–H groups in total. The summed E-state index contributed by atoms with van der Waals surface area (Å²) in [6.07, 6.45) is 0.756. The van der Waals surface area contributed by atoms with Crippen molar-refractivity contribution < 1.29 is 19.4 Å². The van der Waals surface area contributed by atoms with Crippen molar-refractivity contribution in [3.63, 3.8) is 0 Å². The summed E-state index contributed by atoms with van der Waals surface area (Å²) >= 11 is 0. The Kier molecular flexibility index (Phi) is 6.86. The molecule has 9 heteroatoms. The van der Waals surface area contributed by atoms with Crippen molar-refractivity contribution in [2.45, 2.75) is 26.3 Å².